The van der Waals surface area contributed by atoms with E-state index in [1.54, 1.807) is 0 Å². The van der Waals surface area contributed by atoms with Gasteiger partial charge >= 0.3 is 0 Å². The summed E-state index contributed by atoms with van der Waals surface area (Å²) in [5.41, 5.74) is 14.0. The lowest BCUT2D eigenvalue weighted by Crippen LogP contribution is -2.47. The molecular weight excluding hydrogens is 416 g/mol. The maximum absolute atomic E-state index is 6.14. The molecule has 0 unspecified atom stereocenters. The van der Waals surface area contributed by atoms with Crippen molar-refractivity contribution in [2.24, 2.45) is 5.73 Å². The maximum Gasteiger partial charge on any atom is 0.0382 e. The normalized spacial score (nSPS) is 16.9. The molecular formula is C30H42N4. The highest BCUT2D eigenvalue weighted by Gasteiger charge is 2.36. The van der Waals surface area contributed by atoms with Gasteiger partial charge in [0, 0.05) is 46.8 Å². The van der Waals surface area contributed by atoms with Crippen LogP contribution in [0, 0.1) is 13.8 Å². The number of rotatable bonds is 10. The molecule has 0 radical (unpaired) electrons. The molecule has 2 aromatic rings. The molecule has 1 fully saturated rings. The summed E-state index contributed by atoms with van der Waals surface area (Å²) in [6, 6.07) is 15.2. The number of likely N-dealkylation sites (tertiary alicyclic amines) is 1. The lowest BCUT2D eigenvalue weighted by Gasteiger charge is -2.43. The average molecular weight is 459 g/mol. The van der Waals surface area contributed by atoms with E-state index in [2.05, 4.69) is 83.3 Å². The minimum absolute atomic E-state index is 0.0996. The minimum atomic E-state index is 0.0996. The topological polar surface area (TPSA) is 54.2 Å². The Morgan fingerprint density at radius 1 is 1.15 bits per heavy atom. The zero-order chi connectivity index (χ0) is 24.6. The van der Waals surface area contributed by atoms with Gasteiger partial charge in [0.2, 0.25) is 0 Å². The second-order valence-electron chi connectivity index (χ2n) is 9.73. The molecule has 34 heavy (non-hydrogen) atoms. The molecule has 1 aliphatic heterocycles. The Balaban J connectivity index is 1.68. The monoisotopic (exact) mass is 458 g/mol. The molecule has 1 saturated heterocycles. The minimum Gasteiger partial charge on any atom is -0.402 e. The fourth-order valence-electron chi connectivity index (χ4n) is 4.90. The summed E-state index contributed by atoms with van der Waals surface area (Å²) in [7, 11) is 0. The standard InChI is InChI=1S/C30H42N4/c1-6-7-11-27(25(4)31)14-17-34-18-15-30(16-19-34,29-12-9-8-10-13-29)22-32-26(5)28-20-23(2)33-24(3)21-28/h7-13,20-21,32H,5-6,14-19,22,31H2,1-4H3/b11-7-,27-25-. The SMILES string of the molecule is C=C(NCC1(c2ccccc2)CCN(CCC(/C=C\CC)=C(/C)N)CC1)c1cc(C)nc(C)c1. The van der Waals surface area contributed by atoms with E-state index in [0.29, 0.717) is 0 Å². The molecule has 2 heterocycles. The number of nitrogens with zero attached hydrogens (tertiary/aromatic N) is 2. The number of piperidine rings is 1. The van der Waals surface area contributed by atoms with Crippen LogP contribution in [0.3, 0.4) is 0 Å². The van der Waals surface area contributed by atoms with Crippen molar-refractivity contribution in [1.82, 2.24) is 15.2 Å². The molecule has 4 nitrogen and oxygen atoms in total. The van der Waals surface area contributed by atoms with Gasteiger partial charge in [0.15, 0.2) is 0 Å². The third-order valence-corrected chi connectivity index (χ3v) is 7.03. The Labute approximate surface area is 206 Å². The number of hydrogen-bond donors (Lipinski definition) is 2. The lowest BCUT2D eigenvalue weighted by molar-refractivity contribution is 0.160. The number of hydrogen-bond acceptors (Lipinski definition) is 4. The number of allylic oxidation sites excluding steroid dienone is 3. The number of nitrogens with two attached hydrogens (primary N) is 1. The van der Waals surface area contributed by atoms with Crippen molar-refractivity contribution in [1.29, 1.82) is 0 Å². The summed E-state index contributed by atoms with van der Waals surface area (Å²) in [4.78, 5) is 7.10. The van der Waals surface area contributed by atoms with Gasteiger partial charge in [-0.1, -0.05) is 56.0 Å². The van der Waals surface area contributed by atoms with E-state index in [0.717, 1.165) is 80.2 Å². The van der Waals surface area contributed by atoms with Crippen LogP contribution in [0.25, 0.3) is 5.70 Å². The zero-order valence-electron chi connectivity index (χ0n) is 21.5. The van der Waals surface area contributed by atoms with Gasteiger partial charge in [0.05, 0.1) is 0 Å². The average Bonchev–Trinajstić information content (AvgIpc) is 2.83. The highest BCUT2D eigenvalue weighted by molar-refractivity contribution is 5.62. The predicted octanol–water partition coefficient (Wildman–Crippen LogP) is 5.88. The molecule has 182 valence electrons. The van der Waals surface area contributed by atoms with Crippen LogP contribution in [0.2, 0.25) is 0 Å². The van der Waals surface area contributed by atoms with Gasteiger partial charge in [0.25, 0.3) is 0 Å². The molecule has 0 amide bonds. The lowest BCUT2D eigenvalue weighted by atomic mass is 9.72. The maximum atomic E-state index is 6.14. The van der Waals surface area contributed by atoms with Gasteiger partial charge in [-0.3, -0.25) is 4.98 Å². The van der Waals surface area contributed by atoms with E-state index in [-0.39, 0.29) is 5.41 Å². The smallest absolute Gasteiger partial charge is 0.0382 e. The summed E-state index contributed by atoms with van der Waals surface area (Å²) in [5.74, 6) is 0. The van der Waals surface area contributed by atoms with E-state index < -0.39 is 0 Å². The van der Waals surface area contributed by atoms with Crippen LogP contribution >= 0.6 is 0 Å². The van der Waals surface area contributed by atoms with E-state index in [4.69, 9.17) is 5.73 Å². The third kappa shape index (κ3) is 6.83. The Hall–Kier alpha value is -2.85. The van der Waals surface area contributed by atoms with Gasteiger partial charge in [-0.25, -0.2) is 0 Å². The first-order chi connectivity index (χ1) is 16.3. The van der Waals surface area contributed by atoms with Crippen molar-refractivity contribution in [3.8, 4) is 0 Å². The van der Waals surface area contributed by atoms with Gasteiger partial charge in [0.1, 0.15) is 0 Å². The van der Waals surface area contributed by atoms with Gasteiger partial charge in [-0.2, -0.15) is 0 Å². The van der Waals surface area contributed by atoms with Crippen molar-refractivity contribution in [3.05, 3.63) is 95.0 Å². The van der Waals surface area contributed by atoms with Crippen LogP contribution in [0.1, 0.15) is 62.0 Å². The number of benzene rings is 1. The number of nitrogens with one attached hydrogen (secondary N) is 1. The van der Waals surface area contributed by atoms with E-state index in [9.17, 15) is 0 Å². The van der Waals surface area contributed by atoms with Crippen LogP contribution in [0.15, 0.2) is 72.5 Å². The summed E-state index contributed by atoms with van der Waals surface area (Å²) in [6.45, 7) is 16.7. The molecule has 3 rings (SSSR count). The number of pyridine rings is 1. The number of aromatic nitrogens is 1. The van der Waals surface area contributed by atoms with Gasteiger partial charge < -0.3 is 16.0 Å². The molecule has 1 aliphatic rings. The van der Waals surface area contributed by atoms with Crippen LogP contribution in [0.5, 0.6) is 0 Å². The Morgan fingerprint density at radius 2 is 1.79 bits per heavy atom. The van der Waals surface area contributed by atoms with Crippen molar-refractivity contribution >= 4 is 5.70 Å². The fraction of sp³-hybridized carbons (Fsp3) is 0.433. The highest BCUT2D eigenvalue weighted by atomic mass is 15.1. The van der Waals surface area contributed by atoms with E-state index >= 15 is 0 Å². The summed E-state index contributed by atoms with van der Waals surface area (Å²) < 4.78 is 0. The van der Waals surface area contributed by atoms with Crippen LogP contribution in [-0.4, -0.2) is 36.1 Å². The molecule has 1 aromatic heterocycles. The first kappa shape index (κ1) is 25.8. The Morgan fingerprint density at radius 3 is 2.38 bits per heavy atom. The van der Waals surface area contributed by atoms with Crippen LogP contribution in [0.4, 0.5) is 0 Å². The van der Waals surface area contributed by atoms with Crippen molar-refractivity contribution in [2.45, 2.75) is 58.8 Å². The summed E-state index contributed by atoms with van der Waals surface area (Å²) in [5, 5.41) is 3.69. The molecule has 0 bridgehead atoms. The van der Waals surface area contributed by atoms with Crippen LogP contribution < -0.4 is 11.1 Å². The Kier molecular flexibility index (Phi) is 9.12. The molecule has 3 N–H and O–H groups in total. The van der Waals surface area contributed by atoms with Crippen molar-refractivity contribution in [2.75, 3.05) is 26.2 Å². The second-order valence-corrected chi connectivity index (χ2v) is 9.73. The van der Waals surface area contributed by atoms with Crippen molar-refractivity contribution in [3.63, 3.8) is 0 Å². The largest absolute Gasteiger partial charge is 0.402 e. The fourth-order valence-corrected chi connectivity index (χ4v) is 4.90. The highest BCUT2D eigenvalue weighted by Crippen LogP contribution is 2.36. The van der Waals surface area contributed by atoms with Gasteiger partial charge in [-0.05, 0) is 82.8 Å². The molecule has 0 spiro atoms. The molecule has 4 heteroatoms. The van der Waals surface area contributed by atoms with Crippen molar-refractivity contribution < 1.29 is 0 Å². The summed E-state index contributed by atoms with van der Waals surface area (Å²) >= 11 is 0. The zero-order valence-corrected chi connectivity index (χ0v) is 21.5. The third-order valence-electron chi connectivity index (χ3n) is 7.03. The molecule has 1 aromatic carbocycles. The summed E-state index contributed by atoms with van der Waals surface area (Å²) in [6.07, 6.45) is 8.69. The van der Waals surface area contributed by atoms with Gasteiger partial charge in [-0.15, -0.1) is 0 Å². The first-order valence-electron chi connectivity index (χ1n) is 12.6. The van der Waals surface area contributed by atoms with E-state index in [1.807, 2.05) is 20.8 Å². The number of aryl methyl sites for hydroxylation is 2. The Bertz CT molecular complexity index is 987. The van der Waals surface area contributed by atoms with E-state index in [1.165, 1.54) is 11.1 Å². The quantitative estimate of drug-likeness (QED) is 0.437. The van der Waals surface area contributed by atoms with Crippen LogP contribution in [-0.2, 0) is 5.41 Å². The first-order valence-corrected chi connectivity index (χ1v) is 12.6. The molecule has 0 aliphatic carbocycles. The molecule has 0 atom stereocenters. The predicted molar refractivity (Wildman–Crippen MR) is 145 cm³/mol. The second kappa shape index (κ2) is 12.0. The molecule has 0 saturated carbocycles.